The highest BCUT2D eigenvalue weighted by molar-refractivity contribution is 5.19. The molecule has 4 saturated carbocycles. The van der Waals surface area contributed by atoms with Gasteiger partial charge in [-0.25, -0.2) is 0 Å². The minimum absolute atomic E-state index is 0.0612. The first-order chi connectivity index (χ1) is 9.61. The molecule has 4 heteroatoms. The van der Waals surface area contributed by atoms with Crippen molar-refractivity contribution >= 4 is 0 Å². The first kappa shape index (κ1) is 13.5. The fraction of sp³-hybridized carbons (Fsp3) is 1.00. The molecule has 4 aliphatic carbocycles. The van der Waals surface area contributed by atoms with Gasteiger partial charge in [-0.15, -0.1) is 0 Å². The average molecular weight is 282 g/mol. The Hall–Kier alpha value is -0.160. The molecule has 114 valence electrons. The average Bonchev–Trinajstić information content (AvgIpc) is 2.37. The smallest absolute Gasteiger partial charge is 0.187 e. The van der Waals surface area contributed by atoms with Gasteiger partial charge in [-0.1, -0.05) is 0 Å². The van der Waals surface area contributed by atoms with Gasteiger partial charge in [-0.05, 0) is 63.7 Å². The molecule has 0 radical (unpaired) electrons. The Morgan fingerprint density at radius 3 is 2.25 bits per heavy atom. The first-order valence-electron chi connectivity index (χ1n) is 8.24. The van der Waals surface area contributed by atoms with E-state index in [9.17, 15) is 5.11 Å². The van der Waals surface area contributed by atoms with Crippen LogP contribution in [0.15, 0.2) is 0 Å². The van der Waals surface area contributed by atoms with Gasteiger partial charge in [0, 0.05) is 13.2 Å². The maximum atomic E-state index is 10.7. The zero-order chi connectivity index (χ0) is 14.0. The van der Waals surface area contributed by atoms with Crippen molar-refractivity contribution in [1.29, 1.82) is 0 Å². The minimum Gasteiger partial charge on any atom is -0.390 e. The molecular weight excluding hydrogens is 256 g/mol. The topological polar surface area (TPSA) is 47.9 Å². The van der Waals surface area contributed by atoms with Crippen molar-refractivity contribution in [3.05, 3.63) is 0 Å². The molecule has 0 aromatic heterocycles. The van der Waals surface area contributed by atoms with Gasteiger partial charge in [0.15, 0.2) is 6.29 Å². The van der Waals surface area contributed by atoms with Crippen LogP contribution < -0.4 is 0 Å². The molecular formula is C16H26O4. The highest BCUT2D eigenvalue weighted by Crippen LogP contribution is 2.65. The number of ether oxygens (including phenoxy) is 3. The minimum atomic E-state index is -0.418. The van der Waals surface area contributed by atoms with Crippen molar-refractivity contribution < 1.29 is 19.3 Å². The number of rotatable bonds is 4. The zero-order valence-corrected chi connectivity index (χ0v) is 12.5. The maximum absolute atomic E-state index is 10.7. The van der Waals surface area contributed by atoms with E-state index < -0.39 is 5.60 Å². The molecule has 20 heavy (non-hydrogen) atoms. The Morgan fingerprint density at radius 2 is 1.70 bits per heavy atom. The van der Waals surface area contributed by atoms with Crippen LogP contribution in [0.5, 0.6) is 0 Å². The van der Waals surface area contributed by atoms with Crippen LogP contribution in [0.4, 0.5) is 0 Å². The Kier molecular flexibility index (Phi) is 2.98. The van der Waals surface area contributed by atoms with Crippen molar-refractivity contribution in [1.82, 2.24) is 0 Å². The lowest BCUT2D eigenvalue weighted by Gasteiger charge is -2.70. The Labute approximate surface area is 120 Å². The predicted molar refractivity (Wildman–Crippen MR) is 73.1 cm³/mol. The summed E-state index contributed by atoms with van der Waals surface area (Å²) in [5.41, 5.74) is -0.586. The SMILES string of the molecule is CCO[C@@H]1OC2([C@@H]3CC4C[C@H]2CC(O)(C4)C3)[C@@H]1OCC. The third-order valence-electron chi connectivity index (χ3n) is 6.12. The second kappa shape index (κ2) is 4.42. The van der Waals surface area contributed by atoms with Crippen LogP contribution in [0, 0.1) is 17.8 Å². The first-order valence-corrected chi connectivity index (χ1v) is 8.24. The highest BCUT2D eigenvalue weighted by Gasteiger charge is 2.72. The highest BCUT2D eigenvalue weighted by atomic mass is 16.7. The van der Waals surface area contributed by atoms with Gasteiger partial charge in [0.1, 0.15) is 11.7 Å². The predicted octanol–water partition coefficient (Wildman–Crippen LogP) is 2.09. The van der Waals surface area contributed by atoms with Crippen molar-refractivity contribution in [3.8, 4) is 0 Å². The van der Waals surface area contributed by atoms with E-state index in [2.05, 4.69) is 0 Å². The van der Waals surface area contributed by atoms with Gasteiger partial charge in [-0.3, -0.25) is 0 Å². The van der Waals surface area contributed by atoms with Crippen LogP contribution in [-0.2, 0) is 14.2 Å². The second-order valence-electron chi connectivity index (χ2n) is 7.24. The largest absolute Gasteiger partial charge is 0.390 e. The van der Waals surface area contributed by atoms with Gasteiger partial charge < -0.3 is 19.3 Å². The molecule has 1 spiro atoms. The van der Waals surface area contributed by atoms with Crippen LogP contribution in [0.25, 0.3) is 0 Å². The molecule has 0 amide bonds. The molecule has 1 N–H and O–H groups in total. The van der Waals surface area contributed by atoms with Gasteiger partial charge >= 0.3 is 0 Å². The summed E-state index contributed by atoms with van der Waals surface area (Å²) in [5.74, 6) is 1.60. The lowest BCUT2D eigenvalue weighted by Crippen LogP contribution is -2.78. The van der Waals surface area contributed by atoms with E-state index in [0.717, 1.165) is 19.3 Å². The lowest BCUT2D eigenvalue weighted by atomic mass is 9.46. The Morgan fingerprint density at radius 1 is 1.05 bits per heavy atom. The zero-order valence-electron chi connectivity index (χ0n) is 12.5. The quantitative estimate of drug-likeness (QED) is 0.858. The van der Waals surface area contributed by atoms with Gasteiger partial charge in [0.25, 0.3) is 0 Å². The van der Waals surface area contributed by atoms with Gasteiger partial charge in [0.2, 0.25) is 0 Å². The normalized spacial score (nSPS) is 56.2. The third-order valence-corrected chi connectivity index (χ3v) is 6.12. The summed E-state index contributed by atoms with van der Waals surface area (Å²) in [4.78, 5) is 0. The molecule has 7 atom stereocenters. The molecule has 1 saturated heterocycles. The lowest BCUT2D eigenvalue weighted by molar-refractivity contribution is -0.434. The van der Waals surface area contributed by atoms with Crippen LogP contribution in [0.1, 0.15) is 46.0 Å². The second-order valence-corrected chi connectivity index (χ2v) is 7.24. The molecule has 5 fully saturated rings. The summed E-state index contributed by atoms with van der Waals surface area (Å²) in [6.45, 7) is 5.40. The van der Waals surface area contributed by atoms with E-state index >= 15 is 0 Å². The maximum Gasteiger partial charge on any atom is 0.187 e. The molecule has 1 aliphatic heterocycles. The molecule has 3 unspecified atom stereocenters. The summed E-state index contributed by atoms with van der Waals surface area (Å²) < 4.78 is 18.0. The van der Waals surface area contributed by atoms with Crippen molar-refractivity contribution in [2.75, 3.05) is 13.2 Å². The van der Waals surface area contributed by atoms with E-state index in [1.807, 2.05) is 13.8 Å². The molecule has 1 heterocycles. The summed E-state index contributed by atoms with van der Waals surface area (Å²) in [6.07, 6.45) is 5.04. The molecule has 4 nitrogen and oxygen atoms in total. The van der Waals surface area contributed by atoms with E-state index in [0.29, 0.717) is 31.0 Å². The van der Waals surface area contributed by atoms with Gasteiger partial charge in [0.05, 0.1) is 5.60 Å². The number of hydrogen-bond acceptors (Lipinski definition) is 4. The molecule has 5 aliphatic rings. The van der Waals surface area contributed by atoms with E-state index in [1.54, 1.807) is 0 Å². The van der Waals surface area contributed by atoms with E-state index in [1.165, 1.54) is 12.8 Å². The molecule has 0 aromatic rings. The summed E-state index contributed by atoms with van der Waals surface area (Å²) >= 11 is 0. The Balaban J connectivity index is 1.61. The van der Waals surface area contributed by atoms with Crippen LogP contribution in [0.2, 0.25) is 0 Å². The fourth-order valence-corrected chi connectivity index (χ4v) is 5.76. The number of hydrogen-bond donors (Lipinski definition) is 1. The number of aliphatic hydroxyl groups is 1. The third kappa shape index (κ3) is 1.62. The van der Waals surface area contributed by atoms with Crippen molar-refractivity contribution in [2.24, 2.45) is 17.8 Å². The Bertz CT molecular complexity index is 380. The fourth-order valence-electron chi connectivity index (χ4n) is 5.76. The van der Waals surface area contributed by atoms with Crippen LogP contribution in [0.3, 0.4) is 0 Å². The molecule has 5 rings (SSSR count). The van der Waals surface area contributed by atoms with E-state index in [4.69, 9.17) is 14.2 Å². The molecule has 4 bridgehead atoms. The van der Waals surface area contributed by atoms with Crippen LogP contribution in [-0.4, -0.2) is 41.9 Å². The van der Waals surface area contributed by atoms with E-state index in [-0.39, 0.29) is 18.0 Å². The summed E-state index contributed by atoms with van der Waals surface area (Å²) in [6, 6.07) is 0. The summed E-state index contributed by atoms with van der Waals surface area (Å²) in [7, 11) is 0. The molecule has 0 aromatic carbocycles. The van der Waals surface area contributed by atoms with Crippen LogP contribution >= 0.6 is 0 Å². The van der Waals surface area contributed by atoms with Gasteiger partial charge in [-0.2, -0.15) is 0 Å². The monoisotopic (exact) mass is 282 g/mol. The summed E-state index contributed by atoms with van der Waals surface area (Å²) in [5, 5.41) is 10.7. The van der Waals surface area contributed by atoms with Crippen molar-refractivity contribution in [3.63, 3.8) is 0 Å². The standard InChI is InChI=1S/C16H26O4/c1-3-18-13-14(19-4-2)20-16(13)11-5-10-6-12(16)9-15(17,7-10)8-11/h10-14,17H,3-9H2,1-2H3/t10?,11-,12+,13-,14-,15?,16?/m1/s1. The van der Waals surface area contributed by atoms with Crippen molar-refractivity contribution in [2.45, 2.75) is 69.5 Å².